The van der Waals surface area contributed by atoms with E-state index < -0.39 is 0 Å². The molecule has 0 unspecified atom stereocenters. The maximum atomic E-state index is 12.9. The zero-order chi connectivity index (χ0) is 20.9. The highest BCUT2D eigenvalue weighted by Gasteiger charge is 2.32. The summed E-state index contributed by atoms with van der Waals surface area (Å²) in [6.07, 6.45) is 1.08. The Morgan fingerprint density at radius 1 is 1.07 bits per heavy atom. The van der Waals surface area contributed by atoms with Crippen molar-refractivity contribution in [3.63, 3.8) is 0 Å². The summed E-state index contributed by atoms with van der Waals surface area (Å²) >= 11 is 0. The highest BCUT2D eigenvalue weighted by atomic mass is 16.5. The Labute approximate surface area is 180 Å². The van der Waals surface area contributed by atoms with Gasteiger partial charge in [-0.25, -0.2) is 4.79 Å². The van der Waals surface area contributed by atoms with Crippen LogP contribution in [0.1, 0.15) is 17.5 Å². The van der Waals surface area contributed by atoms with Gasteiger partial charge < -0.3 is 24.6 Å². The number of hydrogen-bond donors (Lipinski definition) is 1. The van der Waals surface area contributed by atoms with Crippen molar-refractivity contribution < 1.29 is 14.3 Å². The third-order valence-electron chi connectivity index (χ3n) is 6.97. The lowest BCUT2D eigenvalue weighted by molar-refractivity contribution is 0.00185. The summed E-state index contributed by atoms with van der Waals surface area (Å²) in [4.78, 5) is 19.7. The van der Waals surface area contributed by atoms with Crippen molar-refractivity contribution in [1.29, 1.82) is 0 Å². The van der Waals surface area contributed by atoms with Gasteiger partial charge in [0.1, 0.15) is 0 Å². The van der Waals surface area contributed by atoms with Crippen LogP contribution in [0.15, 0.2) is 18.2 Å². The number of nitrogens with zero attached hydrogens (tertiary/aromatic N) is 3. The van der Waals surface area contributed by atoms with Gasteiger partial charge in [0.05, 0.1) is 19.8 Å². The molecule has 0 spiro atoms. The van der Waals surface area contributed by atoms with Gasteiger partial charge in [-0.1, -0.05) is 12.1 Å². The summed E-state index contributed by atoms with van der Waals surface area (Å²) in [5, 5.41) is 3.23. The third-order valence-corrected chi connectivity index (χ3v) is 6.97. The van der Waals surface area contributed by atoms with Gasteiger partial charge in [-0.05, 0) is 37.5 Å². The second-order valence-corrected chi connectivity index (χ2v) is 8.72. The molecule has 1 aromatic rings. The molecule has 3 aliphatic rings. The molecular weight excluding hydrogens is 380 g/mol. The van der Waals surface area contributed by atoms with E-state index in [4.69, 9.17) is 9.47 Å². The van der Waals surface area contributed by atoms with Gasteiger partial charge in [0.25, 0.3) is 0 Å². The van der Waals surface area contributed by atoms with E-state index in [1.54, 1.807) is 0 Å². The Balaban J connectivity index is 1.29. The van der Waals surface area contributed by atoms with Crippen LogP contribution >= 0.6 is 0 Å². The Morgan fingerprint density at radius 2 is 1.83 bits per heavy atom. The second kappa shape index (κ2) is 9.98. The van der Waals surface area contributed by atoms with E-state index in [2.05, 4.69) is 47.2 Å². The molecule has 30 heavy (non-hydrogen) atoms. The lowest BCUT2D eigenvalue weighted by Gasteiger charge is -2.39. The summed E-state index contributed by atoms with van der Waals surface area (Å²) in [5.41, 5.74) is 3.95. The molecule has 3 fully saturated rings. The van der Waals surface area contributed by atoms with Crippen LogP contribution in [0.3, 0.4) is 0 Å². The minimum absolute atomic E-state index is 0.0628. The summed E-state index contributed by atoms with van der Waals surface area (Å²) in [6, 6.07) is 6.86. The fourth-order valence-electron chi connectivity index (χ4n) is 4.89. The number of hydrogen-bond acceptors (Lipinski definition) is 5. The fourth-order valence-corrected chi connectivity index (χ4v) is 4.89. The summed E-state index contributed by atoms with van der Waals surface area (Å²) in [7, 11) is 0. The molecule has 1 N–H and O–H groups in total. The van der Waals surface area contributed by atoms with Crippen LogP contribution in [0, 0.1) is 19.8 Å². The van der Waals surface area contributed by atoms with Gasteiger partial charge in [-0.3, -0.25) is 4.90 Å². The van der Waals surface area contributed by atoms with Crippen LogP contribution in [0.4, 0.5) is 10.5 Å². The molecule has 0 aliphatic carbocycles. The molecular formula is C23H36N4O3. The Bertz CT molecular complexity index is 708. The molecule has 7 heteroatoms. The van der Waals surface area contributed by atoms with E-state index >= 15 is 0 Å². The third kappa shape index (κ3) is 4.90. The Hall–Kier alpha value is -1.83. The Morgan fingerprint density at radius 3 is 2.53 bits per heavy atom. The Kier molecular flexibility index (Phi) is 7.12. The number of carbonyl (C=O) groups is 1. The molecule has 2 amide bonds. The van der Waals surface area contributed by atoms with Crippen LogP contribution in [-0.2, 0) is 9.47 Å². The van der Waals surface area contributed by atoms with Crippen molar-refractivity contribution in [1.82, 2.24) is 15.1 Å². The number of anilines is 1. The number of morpholine rings is 1. The van der Waals surface area contributed by atoms with Gasteiger partial charge in [0, 0.05) is 70.1 Å². The van der Waals surface area contributed by atoms with Crippen molar-refractivity contribution in [2.75, 3.05) is 77.1 Å². The number of amides is 2. The summed E-state index contributed by atoms with van der Waals surface area (Å²) < 4.78 is 11.2. The van der Waals surface area contributed by atoms with E-state index in [0.717, 1.165) is 72.1 Å². The second-order valence-electron chi connectivity index (χ2n) is 8.72. The van der Waals surface area contributed by atoms with E-state index in [-0.39, 0.29) is 6.03 Å². The maximum Gasteiger partial charge on any atom is 0.317 e. The van der Waals surface area contributed by atoms with Crippen molar-refractivity contribution >= 4 is 11.7 Å². The molecule has 1 aromatic carbocycles. The van der Waals surface area contributed by atoms with E-state index in [1.165, 1.54) is 16.8 Å². The molecule has 2 atom stereocenters. The molecule has 0 saturated carbocycles. The van der Waals surface area contributed by atoms with Crippen LogP contribution in [-0.4, -0.2) is 94.1 Å². The number of ether oxygens (including phenoxy) is 2. The molecule has 7 nitrogen and oxygen atoms in total. The number of rotatable bonds is 5. The average Bonchev–Trinajstić information content (AvgIpc) is 3.31. The number of urea groups is 1. The molecule has 0 radical (unpaired) electrons. The normalized spacial score (nSPS) is 24.1. The first-order valence-corrected chi connectivity index (χ1v) is 11.4. The number of aryl methyl sites for hydroxylation is 1. The fraction of sp³-hybridized carbons (Fsp3) is 0.696. The number of nitrogens with one attached hydrogen (secondary N) is 1. The van der Waals surface area contributed by atoms with E-state index in [9.17, 15) is 4.79 Å². The highest BCUT2D eigenvalue weighted by molar-refractivity contribution is 5.74. The van der Waals surface area contributed by atoms with Crippen molar-refractivity contribution in [3.8, 4) is 0 Å². The molecule has 3 saturated heterocycles. The predicted octanol–water partition coefficient (Wildman–Crippen LogP) is 1.87. The van der Waals surface area contributed by atoms with Crippen molar-refractivity contribution in [2.45, 2.75) is 26.3 Å². The average molecular weight is 417 g/mol. The summed E-state index contributed by atoms with van der Waals surface area (Å²) in [6.45, 7) is 13.3. The van der Waals surface area contributed by atoms with Crippen LogP contribution in [0.5, 0.6) is 0 Å². The molecule has 4 rings (SSSR count). The monoisotopic (exact) mass is 416 g/mol. The largest absolute Gasteiger partial charge is 0.381 e. The van der Waals surface area contributed by atoms with Gasteiger partial charge in [-0.15, -0.1) is 0 Å². The number of benzene rings is 1. The van der Waals surface area contributed by atoms with Gasteiger partial charge in [0.2, 0.25) is 0 Å². The SMILES string of the molecule is Cc1cccc(N2CCN(C(=O)NC[C@@H]([C@H]3CCOC3)N3CCOCC3)CC2)c1C. The first-order chi connectivity index (χ1) is 14.6. The smallest absolute Gasteiger partial charge is 0.317 e. The zero-order valence-corrected chi connectivity index (χ0v) is 18.4. The molecule has 166 valence electrons. The van der Waals surface area contributed by atoms with E-state index in [0.29, 0.717) is 18.5 Å². The van der Waals surface area contributed by atoms with Crippen LogP contribution in [0.2, 0.25) is 0 Å². The molecule has 0 bridgehead atoms. The van der Waals surface area contributed by atoms with Gasteiger partial charge in [-0.2, -0.15) is 0 Å². The molecule has 3 aliphatic heterocycles. The van der Waals surface area contributed by atoms with Crippen LogP contribution < -0.4 is 10.2 Å². The van der Waals surface area contributed by atoms with Crippen molar-refractivity contribution in [3.05, 3.63) is 29.3 Å². The minimum atomic E-state index is 0.0628. The van der Waals surface area contributed by atoms with Crippen molar-refractivity contribution in [2.24, 2.45) is 5.92 Å². The first kappa shape index (κ1) is 21.4. The predicted molar refractivity (Wildman–Crippen MR) is 118 cm³/mol. The summed E-state index contributed by atoms with van der Waals surface area (Å²) in [5.74, 6) is 0.490. The standard InChI is InChI=1S/C23H36N4O3/c1-18-4-3-5-21(19(18)2)25-7-9-27(10-8-25)23(28)24-16-22(20-6-13-30-17-20)26-11-14-29-15-12-26/h3-5,20,22H,6-17H2,1-2H3,(H,24,28)/t20-,22-/m0/s1. The molecule has 0 aromatic heterocycles. The first-order valence-electron chi connectivity index (χ1n) is 11.4. The van der Waals surface area contributed by atoms with Gasteiger partial charge >= 0.3 is 6.03 Å². The maximum absolute atomic E-state index is 12.9. The number of carbonyl (C=O) groups excluding carboxylic acids is 1. The number of piperazine rings is 1. The highest BCUT2D eigenvalue weighted by Crippen LogP contribution is 2.24. The lowest BCUT2D eigenvalue weighted by atomic mass is 9.97. The van der Waals surface area contributed by atoms with Crippen LogP contribution in [0.25, 0.3) is 0 Å². The molecule has 3 heterocycles. The zero-order valence-electron chi connectivity index (χ0n) is 18.4. The van der Waals surface area contributed by atoms with E-state index in [1.807, 2.05) is 4.90 Å². The quantitative estimate of drug-likeness (QED) is 0.794. The lowest BCUT2D eigenvalue weighted by Crippen LogP contribution is -2.56. The van der Waals surface area contributed by atoms with Gasteiger partial charge in [0.15, 0.2) is 0 Å². The topological polar surface area (TPSA) is 57.3 Å². The minimum Gasteiger partial charge on any atom is -0.381 e.